The molecule has 0 aromatic heterocycles. The van der Waals surface area contributed by atoms with Gasteiger partial charge in [-0.3, -0.25) is 0 Å². The standard InChI is InChI=1S/C33H32Br2N2O2/c34-28-15-11-26(12-16-28)32(38-30-7-3-1-4-8-30)19-21-36-23-24-37(25-36)22-20-33(27-13-17-29(35)18-14-27)39-31-9-5-2-6-10-31/h1-18,23-24,32-33H,19-22,25H2. The van der Waals surface area contributed by atoms with Gasteiger partial charge in [-0.15, -0.1) is 0 Å². The number of rotatable bonds is 12. The van der Waals surface area contributed by atoms with Crippen LogP contribution < -0.4 is 9.47 Å². The molecule has 5 rings (SSSR count). The van der Waals surface area contributed by atoms with Crippen LogP contribution in [0.25, 0.3) is 0 Å². The van der Waals surface area contributed by atoms with E-state index in [0.717, 1.165) is 53.0 Å². The minimum Gasteiger partial charge on any atom is -0.486 e. The molecule has 0 saturated heterocycles. The SMILES string of the molecule is Brc1ccc(C(CCN2C=CN(CCC(Oc3ccccc3)c3ccc(Br)cc3)C2)Oc2ccccc2)cc1. The van der Waals surface area contributed by atoms with E-state index in [1.807, 2.05) is 60.7 Å². The number of halogens is 2. The van der Waals surface area contributed by atoms with Crippen LogP contribution in [0.5, 0.6) is 11.5 Å². The Labute approximate surface area is 248 Å². The molecule has 1 aliphatic rings. The van der Waals surface area contributed by atoms with Gasteiger partial charge in [-0.1, -0.05) is 92.5 Å². The topological polar surface area (TPSA) is 24.9 Å². The van der Waals surface area contributed by atoms with Crippen LogP contribution in [0.1, 0.15) is 36.2 Å². The van der Waals surface area contributed by atoms with Crippen LogP contribution in [0.4, 0.5) is 0 Å². The summed E-state index contributed by atoms with van der Waals surface area (Å²) in [6.07, 6.45) is 6.09. The maximum absolute atomic E-state index is 6.42. The van der Waals surface area contributed by atoms with Gasteiger partial charge in [0.15, 0.2) is 0 Å². The lowest BCUT2D eigenvalue weighted by Crippen LogP contribution is -2.29. The van der Waals surface area contributed by atoms with E-state index in [1.165, 1.54) is 11.1 Å². The summed E-state index contributed by atoms with van der Waals surface area (Å²) in [5.74, 6) is 1.78. The van der Waals surface area contributed by atoms with Gasteiger partial charge in [0.25, 0.3) is 0 Å². The van der Waals surface area contributed by atoms with Crippen molar-refractivity contribution in [1.29, 1.82) is 0 Å². The number of hydrogen-bond donors (Lipinski definition) is 0. The van der Waals surface area contributed by atoms with Gasteiger partial charge in [0.2, 0.25) is 0 Å². The number of para-hydroxylation sites is 2. The fraction of sp³-hybridized carbons (Fsp3) is 0.212. The van der Waals surface area contributed by atoms with E-state index in [4.69, 9.17) is 9.47 Å². The first kappa shape index (κ1) is 27.4. The van der Waals surface area contributed by atoms with Crippen molar-refractivity contribution in [3.05, 3.63) is 142 Å². The number of nitrogens with zero attached hydrogens (tertiary/aromatic N) is 2. The smallest absolute Gasteiger partial charge is 0.125 e. The molecule has 0 saturated carbocycles. The highest BCUT2D eigenvalue weighted by molar-refractivity contribution is 9.10. The van der Waals surface area contributed by atoms with Crippen molar-refractivity contribution in [2.24, 2.45) is 0 Å². The Morgan fingerprint density at radius 3 is 1.31 bits per heavy atom. The van der Waals surface area contributed by atoms with E-state index >= 15 is 0 Å². The van der Waals surface area contributed by atoms with E-state index in [0.29, 0.717) is 0 Å². The van der Waals surface area contributed by atoms with Crippen LogP contribution in [-0.4, -0.2) is 29.6 Å². The molecule has 0 N–H and O–H groups in total. The van der Waals surface area contributed by atoms with Gasteiger partial charge in [0, 0.05) is 47.3 Å². The molecule has 6 heteroatoms. The van der Waals surface area contributed by atoms with Crippen molar-refractivity contribution in [3.63, 3.8) is 0 Å². The molecule has 0 fully saturated rings. The van der Waals surface area contributed by atoms with Crippen LogP contribution in [0.15, 0.2) is 131 Å². The Kier molecular flexibility index (Phi) is 9.62. The monoisotopic (exact) mass is 646 g/mol. The van der Waals surface area contributed by atoms with Crippen molar-refractivity contribution in [2.45, 2.75) is 25.0 Å². The minimum atomic E-state index is -0.0241. The molecular weight excluding hydrogens is 616 g/mol. The summed E-state index contributed by atoms with van der Waals surface area (Å²) in [6.45, 7) is 2.66. The number of benzene rings is 4. The summed E-state index contributed by atoms with van der Waals surface area (Å²) in [7, 11) is 0. The Morgan fingerprint density at radius 2 is 0.923 bits per heavy atom. The summed E-state index contributed by atoms with van der Waals surface area (Å²) in [5.41, 5.74) is 2.36. The van der Waals surface area contributed by atoms with E-state index in [9.17, 15) is 0 Å². The molecule has 2 unspecified atom stereocenters. The Morgan fingerprint density at radius 1 is 0.538 bits per heavy atom. The maximum Gasteiger partial charge on any atom is 0.125 e. The highest BCUT2D eigenvalue weighted by atomic mass is 79.9. The van der Waals surface area contributed by atoms with Crippen LogP contribution >= 0.6 is 31.9 Å². The van der Waals surface area contributed by atoms with Gasteiger partial charge in [0.1, 0.15) is 23.7 Å². The second-order valence-corrected chi connectivity index (χ2v) is 11.4. The fourth-order valence-corrected chi connectivity index (χ4v) is 5.17. The highest BCUT2D eigenvalue weighted by Gasteiger charge is 2.20. The molecule has 0 aliphatic carbocycles. The molecule has 0 spiro atoms. The maximum atomic E-state index is 6.42. The Hall–Kier alpha value is -3.22. The molecule has 0 radical (unpaired) electrons. The van der Waals surface area contributed by atoms with Gasteiger partial charge >= 0.3 is 0 Å². The summed E-state index contributed by atoms with van der Waals surface area (Å²) in [6, 6.07) is 37.0. The lowest BCUT2D eigenvalue weighted by molar-refractivity contribution is 0.156. The first-order valence-corrected chi connectivity index (χ1v) is 14.8. The fourth-order valence-electron chi connectivity index (χ4n) is 4.64. The van der Waals surface area contributed by atoms with Gasteiger partial charge in [-0.05, 0) is 59.7 Å². The highest BCUT2D eigenvalue weighted by Crippen LogP contribution is 2.29. The van der Waals surface area contributed by atoms with E-state index in [2.05, 4.69) is 103 Å². The second kappa shape index (κ2) is 13.7. The Bertz CT molecular complexity index is 1210. The van der Waals surface area contributed by atoms with Crippen molar-refractivity contribution < 1.29 is 9.47 Å². The summed E-state index contributed by atoms with van der Waals surface area (Å²) >= 11 is 7.09. The number of ether oxygens (including phenoxy) is 2. The van der Waals surface area contributed by atoms with Gasteiger partial charge in [0.05, 0.1) is 6.67 Å². The molecule has 4 aromatic carbocycles. The molecule has 2 atom stereocenters. The zero-order valence-corrected chi connectivity index (χ0v) is 24.9. The van der Waals surface area contributed by atoms with Gasteiger partial charge < -0.3 is 19.3 Å². The van der Waals surface area contributed by atoms with Crippen LogP contribution in [0.3, 0.4) is 0 Å². The van der Waals surface area contributed by atoms with Crippen molar-refractivity contribution >= 4 is 31.9 Å². The summed E-state index contributed by atoms with van der Waals surface area (Å²) in [4.78, 5) is 4.71. The van der Waals surface area contributed by atoms with E-state index < -0.39 is 0 Å². The van der Waals surface area contributed by atoms with Crippen LogP contribution in [0.2, 0.25) is 0 Å². The predicted octanol–water partition coefficient (Wildman–Crippen LogP) is 8.98. The molecule has 200 valence electrons. The predicted molar refractivity (Wildman–Crippen MR) is 165 cm³/mol. The Balaban J connectivity index is 1.17. The van der Waals surface area contributed by atoms with Crippen molar-refractivity contribution in [2.75, 3.05) is 19.8 Å². The average Bonchev–Trinajstić information content (AvgIpc) is 3.43. The largest absolute Gasteiger partial charge is 0.486 e. The zero-order chi connectivity index (χ0) is 26.9. The zero-order valence-electron chi connectivity index (χ0n) is 21.7. The molecule has 0 bridgehead atoms. The van der Waals surface area contributed by atoms with E-state index in [-0.39, 0.29) is 12.2 Å². The lowest BCUT2D eigenvalue weighted by atomic mass is 10.1. The van der Waals surface area contributed by atoms with Crippen LogP contribution in [-0.2, 0) is 0 Å². The average molecular weight is 648 g/mol. The molecule has 1 aliphatic heterocycles. The first-order valence-electron chi connectivity index (χ1n) is 13.2. The summed E-state index contributed by atoms with van der Waals surface area (Å²) in [5, 5.41) is 0. The molecule has 4 nitrogen and oxygen atoms in total. The molecule has 1 heterocycles. The van der Waals surface area contributed by atoms with Crippen LogP contribution in [0, 0.1) is 0 Å². The second-order valence-electron chi connectivity index (χ2n) is 9.58. The first-order chi connectivity index (χ1) is 19.1. The molecule has 4 aromatic rings. The molecule has 0 amide bonds. The molecule has 39 heavy (non-hydrogen) atoms. The third kappa shape index (κ3) is 8.13. The molecular formula is C33H32Br2N2O2. The van der Waals surface area contributed by atoms with Crippen molar-refractivity contribution in [3.8, 4) is 11.5 Å². The third-order valence-electron chi connectivity index (χ3n) is 6.74. The minimum absolute atomic E-state index is 0.0241. The summed E-state index contributed by atoms with van der Waals surface area (Å²) < 4.78 is 15.0. The van der Waals surface area contributed by atoms with E-state index in [1.54, 1.807) is 0 Å². The van der Waals surface area contributed by atoms with Gasteiger partial charge in [-0.2, -0.15) is 0 Å². The van der Waals surface area contributed by atoms with Gasteiger partial charge in [-0.25, -0.2) is 0 Å². The number of hydrogen-bond acceptors (Lipinski definition) is 4. The lowest BCUT2D eigenvalue weighted by Gasteiger charge is -2.26. The quantitative estimate of drug-likeness (QED) is 0.153. The normalized spacial score (nSPS) is 14.3. The van der Waals surface area contributed by atoms with Crippen molar-refractivity contribution in [1.82, 2.24) is 9.80 Å². The third-order valence-corrected chi connectivity index (χ3v) is 7.79.